The Labute approximate surface area is 395 Å². The van der Waals surface area contributed by atoms with Gasteiger partial charge in [-0.2, -0.15) is 12.6 Å². The maximum atomic E-state index is 14.0. The van der Waals surface area contributed by atoms with Gasteiger partial charge in [-0.1, -0.05) is 20.3 Å². The van der Waals surface area contributed by atoms with E-state index in [0.29, 0.717) is 0 Å². The molecule has 0 fully saturated rings. The standard InChI is InChI=1S/C38H65N13O16S/c1-4-17(2)29(51-34(64)22(9-12-27(56)57)47-35(65)23(15-52)49-36(66)24(16-68)50-31(61)19(39)7-11-26(54)55)37(67)48-20(6-5-13-43-38(41)42)33(63)46-21(8-10-25(40)53)32(62)45-18(3)30(60)44-14-28(58)59/h17-24,29,52,68H,4-16,39H2,1-3H3,(H2,40,53)(H,44,60)(H,45,62)(H,46,63)(H,47,65)(H,48,67)(H,49,66)(H,50,61)(H,51,64)(H,54,55)(H,56,57)(H,58,59)(H4,41,42,43)/t17-,18-,19-,20-,21-,22-,23-,24-,29-/m0/s1. The van der Waals surface area contributed by atoms with Crippen molar-refractivity contribution in [1.82, 2.24) is 42.5 Å². The van der Waals surface area contributed by atoms with E-state index in [4.69, 9.17) is 33.1 Å². The van der Waals surface area contributed by atoms with Crippen LogP contribution in [0.15, 0.2) is 4.99 Å². The van der Waals surface area contributed by atoms with E-state index < -0.39 is 171 Å². The third-order valence-corrected chi connectivity index (χ3v) is 10.1. The van der Waals surface area contributed by atoms with E-state index in [1.807, 2.05) is 0 Å². The maximum absolute atomic E-state index is 14.0. The Balaban J connectivity index is 6.54. The molecule has 0 spiro atoms. The molecule has 0 bridgehead atoms. The number of nitrogens with two attached hydrogens (primary N) is 4. The van der Waals surface area contributed by atoms with E-state index in [-0.39, 0.29) is 43.9 Å². The number of carboxylic acid groups (broad SMARTS) is 3. The molecule has 29 nitrogen and oxygen atoms in total. The number of carbonyl (C=O) groups excluding carboxylic acids is 9. The number of thiol groups is 1. The smallest absolute Gasteiger partial charge is 0.322 e. The topological polar surface area (TPSA) is 498 Å². The second-order valence-corrected chi connectivity index (χ2v) is 15.7. The predicted molar refractivity (Wildman–Crippen MR) is 240 cm³/mol. The summed E-state index contributed by atoms with van der Waals surface area (Å²) in [6, 6.07) is -12.2. The monoisotopic (exact) mass is 991 g/mol. The molecule has 0 rings (SSSR count). The molecular weight excluding hydrogens is 927 g/mol. The number of guanidine groups is 1. The van der Waals surface area contributed by atoms with Crippen molar-refractivity contribution in [2.75, 3.05) is 25.4 Å². The molecule has 68 heavy (non-hydrogen) atoms. The molecule has 0 aliphatic heterocycles. The summed E-state index contributed by atoms with van der Waals surface area (Å²) in [7, 11) is 0. The fourth-order valence-electron chi connectivity index (χ4n) is 5.67. The van der Waals surface area contributed by atoms with E-state index >= 15 is 0 Å². The Hall–Kier alpha value is -6.82. The van der Waals surface area contributed by atoms with E-state index in [0.717, 1.165) is 0 Å². The van der Waals surface area contributed by atoms with E-state index in [1.165, 1.54) is 13.8 Å². The number of aliphatic carboxylic acids is 3. The minimum atomic E-state index is -1.80. The third kappa shape index (κ3) is 24.6. The van der Waals surface area contributed by atoms with E-state index in [9.17, 15) is 67.7 Å². The first-order valence-corrected chi connectivity index (χ1v) is 21.8. The van der Waals surface area contributed by atoms with Crippen molar-refractivity contribution >= 4 is 89.7 Å². The highest BCUT2D eigenvalue weighted by Gasteiger charge is 2.35. The first-order chi connectivity index (χ1) is 31.8. The summed E-state index contributed by atoms with van der Waals surface area (Å²) in [5.74, 6) is -14.4. The van der Waals surface area contributed by atoms with Crippen LogP contribution in [0.5, 0.6) is 0 Å². The number of nitrogens with one attached hydrogen (secondary N) is 8. The number of amides is 9. The Bertz CT molecular complexity index is 1840. The molecule has 384 valence electrons. The first-order valence-electron chi connectivity index (χ1n) is 21.1. The van der Waals surface area contributed by atoms with Crippen LogP contribution in [0.2, 0.25) is 0 Å². The van der Waals surface area contributed by atoms with Crippen molar-refractivity contribution in [2.45, 2.75) is 127 Å². The number of hydrogen-bond donors (Lipinski definition) is 17. The fraction of sp³-hybridized carbons (Fsp3) is 0.658. The second kappa shape index (κ2) is 32.0. The molecule has 30 heteroatoms. The first kappa shape index (κ1) is 61.2. The lowest BCUT2D eigenvalue weighted by molar-refractivity contribution is -0.139. The van der Waals surface area contributed by atoms with Gasteiger partial charge in [-0.15, -0.1) is 0 Å². The number of carboxylic acids is 3. The molecule has 0 aliphatic carbocycles. The molecule has 0 saturated carbocycles. The Morgan fingerprint density at radius 3 is 1.51 bits per heavy atom. The molecule has 20 N–H and O–H groups in total. The van der Waals surface area contributed by atoms with Crippen molar-refractivity contribution in [3.8, 4) is 0 Å². The third-order valence-electron chi connectivity index (χ3n) is 9.77. The summed E-state index contributed by atoms with van der Waals surface area (Å²) in [6.07, 6.45) is -2.79. The summed E-state index contributed by atoms with van der Waals surface area (Å²) < 4.78 is 0. The number of aliphatic hydroxyl groups is 1. The molecule has 0 aromatic heterocycles. The normalized spacial score (nSPS) is 14.7. The second-order valence-electron chi connectivity index (χ2n) is 15.3. The average Bonchev–Trinajstić information content (AvgIpc) is 3.27. The zero-order chi connectivity index (χ0) is 52.3. The van der Waals surface area contributed by atoms with E-state index in [2.05, 4.69) is 60.2 Å². The van der Waals surface area contributed by atoms with Crippen molar-refractivity contribution in [1.29, 1.82) is 0 Å². The molecule has 0 unspecified atom stereocenters. The van der Waals surface area contributed by atoms with Crippen LogP contribution < -0.4 is 65.5 Å². The molecule has 0 aliphatic rings. The van der Waals surface area contributed by atoms with Crippen LogP contribution in [0.25, 0.3) is 0 Å². The van der Waals surface area contributed by atoms with Gasteiger partial charge in [-0.05, 0) is 44.9 Å². The Morgan fingerprint density at radius 1 is 0.559 bits per heavy atom. The summed E-state index contributed by atoms with van der Waals surface area (Å²) in [6.45, 7) is 2.51. The van der Waals surface area contributed by atoms with Gasteiger partial charge >= 0.3 is 17.9 Å². The molecular formula is C38H65N13O16S. The van der Waals surface area contributed by atoms with Gasteiger partial charge in [0.15, 0.2) is 5.96 Å². The highest BCUT2D eigenvalue weighted by atomic mass is 32.1. The number of aliphatic hydroxyl groups excluding tert-OH is 1. The summed E-state index contributed by atoms with van der Waals surface area (Å²) >= 11 is 4.00. The fourth-order valence-corrected chi connectivity index (χ4v) is 5.93. The summed E-state index contributed by atoms with van der Waals surface area (Å²) in [4.78, 5) is 155. The largest absolute Gasteiger partial charge is 0.481 e. The van der Waals surface area contributed by atoms with Crippen LogP contribution in [0, 0.1) is 5.92 Å². The van der Waals surface area contributed by atoms with Gasteiger partial charge in [0.2, 0.25) is 53.2 Å². The molecule has 0 radical (unpaired) electrons. The van der Waals surface area contributed by atoms with Gasteiger partial charge in [0.1, 0.15) is 48.8 Å². The van der Waals surface area contributed by atoms with Crippen LogP contribution in [0.1, 0.15) is 78.6 Å². The molecule has 9 amide bonds. The number of carbonyl (C=O) groups is 12. The SMILES string of the molecule is CC[C@H](C)[C@H](NC(=O)[C@H](CCC(=O)O)NC(=O)[C@H](CO)NC(=O)[C@H](CS)NC(=O)[C@@H](N)CCC(=O)O)C(=O)N[C@@H](CCCN=C(N)N)C(=O)N[C@@H](CCC(N)=O)C(=O)N[C@@H](C)C(=O)NCC(=O)O. The highest BCUT2D eigenvalue weighted by molar-refractivity contribution is 7.80. The van der Waals surface area contributed by atoms with E-state index in [1.54, 1.807) is 6.92 Å². The minimum absolute atomic E-state index is 0.0445. The predicted octanol–water partition coefficient (Wildman–Crippen LogP) is -7.06. The molecule has 0 heterocycles. The Kier molecular flexibility index (Phi) is 28.8. The number of hydrogen-bond acceptors (Lipinski definition) is 16. The lowest BCUT2D eigenvalue weighted by atomic mass is 9.96. The quantitative estimate of drug-likeness (QED) is 0.0123. The van der Waals surface area contributed by atoms with Gasteiger partial charge < -0.3 is 85.9 Å². The number of primary amides is 1. The van der Waals surface area contributed by atoms with Crippen molar-refractivity contribution < 1.29 is 78.0 Å². The minimum Gasteiger partial charge on any atom is -0.481 e. The van der Waals surface area contributed by atoms with Gasteiger partial charge in [0.25, 0.3) is 0 Å². The van der Waals surface area contributed by atoms with Crippen LogP contribution in [-0.2, 0) is 57.5 Å². The highest BCUT2D eigenvalue weighted by Crippen LogP contribution is 2.12. The number of nitrogens with zero attached hydrogens (tertiary/aromatic N) is 1. The Morgan fingerprint density at radius 2 is 1.01 bits per heavy atom. The summed E-state index contributed by atoms with van der Waals surface area (Å²) in [5, 5.41) is 55.5. The number of rotatable bonds is 34. The lowest BCUT2D eigenvalue weighted by Gasteiger charge is -2.29. The molecule has 0 aromatic carbocycles. The molecule has 0 aromatic rings. The summed E-state index contributed by atoms with van der Waals surface area (Å²) in [5.41, 5.74) is 21.8. The zero-order valence-corrected chi connectivity index (χ0v) is 38.7. The van der Waals surface area contributed by atoms with Crippen molar-refractivity contribution in [3.05, 3.63) is 0 Å². The maximum Gasteiger partial charge on any atom is 0.322 e. The molecule has 0 saturated heterocycles. The van der Waals surface area contributed by atoms with Gasteiger partial charge in [-0.3, -0.25) is 62.5 Å². The van der Waals surface area contributed by atoms with Crippen molar-refractivity contribution in [3.63, 3.8) is 0 Å². The average molecular weight is 992 g/mol. The van der Waals surface area contributed by atoms with Gasteiger partial charge in [0.05, 0.1) is 12.6 Å². The van der Waals surface area contributed by atoms with Gasteiger partial charge in [0, 0.05) is 31.6 Å². The molecule has 9 atom stereocenters. The zero-order valence-electron chi connectivity index (χ0n) is 37.8. The number of aliphatic imine (C=N–C) groups is 1. The lowest BCUT2D eigenvalue weighted by Crippen LogP contribution is -2.61. The van der Waals surface area contributed by atoms with Crippen LogP contribution in [0.4, 0.5) is 0 Å². The van der Waals surface area contributed by atoms with Crippen molar-refractivity contribution in [2.24, 2.45) is 33.8 Å². The van der Waals surface area contributed by atoms with Gasteiger partial charge in [-0.25, -0.2) is 0 Å². The van der Waals surface area contributed by atoms with Crippen LogP contribution in [0.3, 0.4) is 0 Å². The van der Waals surface area contributed by atoms with Crippen LogP contribution in [-0.4, -0.2) is 171 Å². The van der Waals surface area contributed by atoms with Crippen LogP contribution >= 0.6 is 12.6 Å².